The first-order valence-corrected chi connectivity index (χ1v) is 6.05. The van der Waals surface area contributed by atoms with Crippen molar-refractivity contribution in [3.8, 4) is 11.5 Å². The molecule has 1 aromatic heterocycles. The molecule has 0 atom stereocenters. The molecule has 1 aliphatic heterocycles. The van der Waals surface area contributed by atoms with Gasteiger partial charge in [0.05, 0.1) is 23.2 Å². The topological polar surface area (TPSA) is 43.6 Å². The molecule has 1 aliphatic rings. The lowest BCUT2D eigenvalue weighted by molar-refractivity contribution is 0.171. The van der Waals surface area contributed by atoms with Gasteiger partial charge in [-0.3, -0.25) is 0 Å². The van der Waals surface area contributed by atoms with Gasteiger partial charge in [0.15, 0.2) is 11.5 Å². The van der Waals surface area contributed by atoms with Crippen LogP contribution in [0.2, 0.25) is 5.02 Å². The van der Waals surface area contributed by atoms with Gasteiger partial charge in [0.25, 0.3) is 0 Å². The first-order valence-electron chi connectivity index (χ1n) is 5.67. The summed E-state index contributed by atoms with van der Waals surface area (Å²) in [5.74, 6) is 1.42. The van der Waals surface area contributed by atoms with Crippen LogP contribution in [0.1, 0.15) is 5.56 Å². The molecule has 5 heteroatoms. The SMILES string of the molecule is Clc1cc2c(cc1NCc1ccoc1)OCCO2. The molecule has 0 bridgehead atoms. The molecule has 0 aliphatic carbocycles. The van der Waals surface area contributed by atoms with E-state index in [-0.39, 0.29) is 0 Å². The molecule has 1 N–H and O–H groups in total. The minimum Gasteiger partial charge on any atom is -0.486 e. The normalized spacial score (nSPS) is 13.4. The van der Waals surface area contributed by atoms with Crippen molar-refractivity contribution in [3.63, 3.8) is 0 Å². The Balaban J connectivity index is 1.79. The van der Waals surface area contributed by atoms with Gasteiger partial charge in [-0.25, -0.2) is 0 Å². The van der Waals surface area contributed by atoms with Crippen LogP contribution in [0.15, 0.2) is 35.1 Å². The Bertz CT molecular complexity index is 539. The van der Waals surface area contributed by atoms with Crippen LogP contribution in [0, 0.1) is 0 Å². The van der Waals surface area contributed by atoms with Crippen LogP contribution < -0.4 is 14.8 Å². The summed E-state index contributed by atoms with van der Waals surface area (Å²) in [6, 6.07) is 5.53. The zero-order chi connectivity index (χ0) is 12.4. The second kappa shape index (κ2) is 4.82. The Morgan fingerprint density at radius 3 is 2.67 bits per heavy atom. The van der Waals surface area contributed by atoms with Gasteiger partial charge in [-0.15, -0.1) is 0 Å². The Labute approximate surface area is 109 Å². The highest BCUT2D eigenvalue weighted by atomic mass is 35.5. The predicted molar refractivity (Wildman–Crippen MR) is 68.5 cm³/mol. The number of hydrogen-bond donors (Lipinski definition) is 1. The highest BCUT2D eigenvalue weighted by Crippen LogP contribution is 2.38. The zero-order valence-electron chi connectivity index (χ0n) is 9.61. The fourth-order valence-corrected chi connectivity index (χ4v) is 2.01. The van der Waals surface area contributed by atoms with Crippen molar-refractivity contribution in [2.24, 2.45) is 0 Å². The molecule has 94 valence electrons. The van der Waals surface area contributed by atoms with Crippen molar-refractivity contribution >= 4 is 17.3 Å². The van der Waals surface area contributed by atoms with Crippen molar-refractivity contribution < 1.29 is 13.9 Å². The van der Waals surface area contributed by atoms with E-state index in [1.807, 2.05) is 12.1 Å². The van der Waals surface area contributed by atoms with Crippen LogP contribution in [-0.4, -0.2) is 13.2 Å². The minimum absolute atomic E-state index is 0.561. The molecular formula is C13H12ClNO3. The van der Waals surface area contributed by atoms with Crippen LogP contribution in [0.3, 0.4) is 0 Å². The molecule has 0 radical (unpaired) electrons. The molecule has 0 spiro atoms. The maximum absolute atomic E-state index is 6.18. The van der Waals surface area contributed by atoms with E-state index in [9.17, 15) is 0 Å². The van der Waals surface area contributed by atoms with Crippen molar-refractivity contribution in [2.75, 3.05) is 18.5 Å². The average molecular weight is 266 g/mol. The number of fused-ring (bicyclic) bond motifs is 1. The molecule has 3 rings (SSSR count). The number of furan rings is 1. The molecule has 0 saturated heterocycles. The third kappa shape index (κ3) is 2.24. The second-order valence-corrected chi connectivity index (χ2v) is 4.37. The Morgan fingerprint density at radius 2 is 1.94 bits per heavy atom. The summed E-state index contributed by atoms with van der Waals surface area (Å²) < 4.78 is 16.0. The summed E-state index contributed by atoms with van der Waals surface area (Å²) in [6.07, 6.45) is 3.33. The second-order valence-electron chi connectivity index (χ2n) is 3.96. The number of rotatable bonds is 3. The molecular weight excluding hydrogens is 254 g/mol. The monoisotopic (exact) mass is 265 g/mol. The van der Waals surface area contributed by atoms with Crippen LogP contribution in [0.5, 0.6) is 11.5 Å². The maximum Gasteiger partial charge on any atom is 0.163 e. The number of benzene rings is 1. The van der Waals surface area contributed by atoms with Gasteiger partial charge < -0.3 is 19.2 Å². The van der Waals surface area contributed by atoms with E-state index < -0.39 is 0 Å². The minimum atomic E-state index is 0.561. The van der Waals surface area contributed by atoms with Crippen LogP contribution in [0.4, 0.5) is 5.69 Å². The van der Waals surface area contributed by atoms with Crippen LogP contribution in [-0.2, 0) is 6.54 Å². The Hall–Kier alpha value is -1.81. The molecule has 4 nitrogen and oxygen atoms in total. The number of halogens is 1. The van der Waals surface area contributed by atoms with Gasteiger partial charge in [-0.2, -0.15) is 0 Å². The third-order valence-electron chi connectivity index (χ3n) is 2.69. The van der Waals surface area contributed by atoms with Crippen molar-refractivity contribution in [2.45, 2.75) is 6.54 Å². The van der Waals surface area contributed by atoms with Gasteiger partial charge in [0.2, 0.25) is 0 Å². The first kappa shape index (κ1) is 11.3. The smallest absolute Gasteiger partial charge is 0.163 e. The fraction of sp³-hybridized carbons (Fsp3) is 0.231. The van der Waals surface area contributed by atoms with E-state index in [0.717, 1.165) is 17.0 Å². The predicted octanol–water partition coefficient (Wildman–Crippen LogP) is 3.32. The maximum atomic E-state index is 6.18. The van der Waals surface area contributed by atoms with Crippen molar-refractivity contribution in [1.82, 2.24) is 0 Å². The summed E-state index contributed by atoms with van der Waals surface area (Å²) >= 11 is 6.18. The Kier molecular flexibility index (Phi) is 3.02. The molecule has 0 fully saturated rings. The lowest BCUT2D eigenvalue weighted by Crippen LogP contribution is -2.15. The number of hydrogen-bond acceptors (Lipinski definition) is 4. The highest BCUT2D eigenvalue weighted by Gasteiger charge is 2.14. The largest absolute Gasteiger partial charge is 0.486 e. The summed E-state index contributed by atoms with van der Waals surface area (Å²) in [4.78, 5) is 0. The summed E-state index contributed by atoms with van der Waals surface area (Å²) in [6.45, 7) is 1.77. The number of anilines is 1. The standard InChI is InChI=1S/C13H12ClNO3/c14-10-5-12-13(18-4-3-17-12)6-11(10)15-7-9-1-2-16-8-9/h1-2,5-6,8,15H,3-4,7H2. The Morgan fingerprint density at radius 1 is 1.17 bits per heavy atom. The highest BCUT2D eigenvalue weighted by molar-refractivity contribution is 6.33. The summed E-state index contributed by atoms with van der Waals surface area (Å²) in [5.41, 5.74) is 1.88. The summed E-state index contributed by atoms with van der Waals surface area (Å²) in [7, 11) is 0. The van der Waals surface area contributed by atoms with E-state index in [1.54, 1.807) is 18.6 Å². The molecule has 0 saturated carbocycles. The lowest BCUT2D eigenvalue weighted by Gasteiger charge is -2.20. The van der Waals surface area contributed by atoms with E-state index >= 15 is 0 Å². The molecule has 18 heavy (non-hydrogen) atoms. The van der Waals surface area contributed by atoms with Crippen molar-refractivity contribution in [1.29, 1.82) is 0 Å². The van der Waals surface area contributed by atoms with Crippen LogP contribution in [0.25, 0.3) is 0 Å². The fourth-order valence-electron chi connectivity index (χ4n) is 1.79. The van der Waals surface area contributed by atoms with Gasteiger partial charge in [0, 0.05) is 24.2 Å². The molecule has 0 amide bonds. The zero-order valence-corrected chi connectivity index (χ0v) is 10.4. The lowest BCUT2D eigenvalue weighted by atomic mass is 10.2. The van der Waals surface area contributed by atoms with E-state index in [1.165, 1.54) is 0 Å². The molecule has 2 heterocycles. The average Bonchev–Trinajstić information content (AvgIpc) is 2.89. The van der Waals surface area contributed by atoms with E-state index in [2.05, 4.69) is 5.32 Å². The first-order chi connectivity index (χ1) is 8.83. The third-order valence-corrected chi connectivity index (χ3v) is 3.01. The van der Waals surface area contributed by atoms with Gasteiger partial charge in [-0.05, 0) is 6.07 Å². The summed E-state index contributed by atoms with van der Waals surface area (Å²) in [5, 5.41) is 3.85. The molecule has 2 aromatic rings. The van der Waals surface area contributed by atoms with E-state index in [0.29, 0.717) is 30.5 Å². The van der Waals surface area contributed by atoms with Gasteiger partial charge >= 0.3 is 0 Å². The number of nitrogens with one attached hydrogen (secondary N) is 1. The van der Waals surface area contributed by atoms with Gasteiger partial charge in [0.1, 0.15) is 13.2 Å². The number of ether oxygens (including phenoxy) is 2. The molecule has 0 unspecified atom stereocenters. The van der Waals surface area contributed by atoms with E-state index in [4.69, 9.17) is 25.5 Å². The van der Waals surface area contributed by atoms with Gasteiger partial charge in [-0.1, -0.05) is 11.6 Å². The quantitative estimate of drug-likeness (QED) is 0.925. The molecule has 1 aromatic carbocycles. The van der Waals surface area contributed by atoms with Crippen LogP contribution >= 0.6 is 11.6 Å². The van der Waals surface area contributed by atoms with Crippen molar-refractivity contribution in [3.05, 3.63) is 41.3 Å².